The number of aromatic nitrogens is 1. The molecule has 1 aromatic heterocycles. The molecule has 0 radical (unpaired) electrons. The van der Waals surface area contributed by atoms with Gasteiger partial charge in [0.15, 0.2) is 0 Å². The number of pyridine rings is 1. The van der Waals surface area contributed by atoms with Gasteiger partial charge in [-0.25, -0.2) is 9.78 Å². The van der Waals surface area contributed by atoms with E-state index >= 15 is 0 Å². The minimum Gasteiger partial charge on any atom is -0.466 e. The van der Waals surface area contributed by atoms with Crippen molar-refractivity contribution in [1.29, 1.82) is 0 Å². The first kappa shape index (κ1) is 17.3. The predicted octanol–water partition coefficient (Wildman–Crippen LogP) is 4.23. The van der Waals surface area contributed by atoms with E-state index in [1.807, 2.05) is 42.5 Å². The Morgan fingerprint density at radius 3 is 2.48 bits per heavy atom. The highest BCUT2D eigenvalue weighted by atomic mass is 35.5. The van der Waals surface area contributed by atoms with Gasteiger partial charge in [-0.2, -0.15) is 0 Å². The zero-order chi connectivity index (χ0) is 14.4. The molecule has 2 rings (SSSR count). The van der Waals surface area contributed by atoms with Gasteiger partial charge in [0.1, 0.15) is 5.03 Å². The van der Waals surface area contributed by atoms with E-state index in [0.29, 0.717) is 5.57 Å². The summed E-state index contributed by atoms with van der Waals surface area (Å²) in [5.74, 6) is -0.308. The third-order valence-corrected chi connectivity index (χ3v) is 3.59. The van der Waals surface area contributed by atoms with Crippen molar-refractivity contribution in [2.75, 3.05) is 7.11 Å². The smallest absolute Gasteiger partial charge is 0.333 e. The molecule has 0 N–H and O–H groups in total. The van der Waals surface area contributed by atoms with Gasteiger partial charge in [-0.05, 0) is 42.8 Å². The molecule has 0 spiro atoms. The van der Waals surface area contributed by atoms with Gasteiger partial charge in [-0.15, -0.1) is 12.4 Å². The van der Waals surface area contributed by atoms with Gasteiger partial charge < -0.3 is 4.74 Å². The maximum absolute atomic E-state index is 11.3. The molecule has 0 aliphatic rings. The Bertz CT molecular complexity index is 612. The molecule has 0 fully saturated rings. The average molecular weight is 322 g/mol. The lowest BCUT2D eigenvalue weighted by Gasteiger charge is -2.02. The number of ether oxygens (including phenoxy) is 1. The third kappa shape index (κ3) is 5.25. The Morgan fingerprint density at radius 2 is 1.90 bits per heavy atom. The fourth-order valence-corrected chi connectivity index (χ4v) is 2.40. The summed E-state index contributed by atoms with van der Waals surface area (Å²) in [7, 11) is 1.38. The average Bonchev–Trinajstić information content (AvgIpc) is 2.49. The molecule has 0 amide bonds. The van der Waals surface area contributed by atoms with Gasteiger partial charge >= 0.3 is 5.97 Å². The van der Waals surface area contributed by atoms with Crippen LogP contribution in [0, 0.1) is 0 Å². The molecule has 0 unspecified atom stereocenters. The Morgan fingerprint density at radius 1 is 1.19 bits per heavy atom. The van der Waals surface area contributed by atoms with Gasteiger partial charge in [0.25, 0.3) is 0 Å². The molecule has 1 aromatic carbocycles. The summed E-state index contributed by atoms with van der Waals surface area (Å²) in [6.07, 6.45) is 3.58. The first-order valence-corrected chi connectivity index (χ1v) is 6.96. The molecule has 5 heteroatoms. The lowest BCUT2D eigenvalue weighted by molar-refractivity contribution is -0.135. The van der Waals surface area contributed by atoms with Gasteiger partial charge in [0.2, 0.25) is 0 Å². The standard InChI is InChI=1S/C16H15NO2S.ClH/c1-12(16(18)19-2)11-13-6-8-14(9-7-13)20-15-5-3-4-10-17-15;/h3-11H,1-2H3;1H/b12-11+;. The molecule has 3 nitrogen and oxygen atoms in total. The van der Waals surface area contributed by atoms with Crippen molar-refractivity contribution < 1.29 is 9.53 Å². The van der Waals surface area contributed by atoms with Crippen molar-refractivity contribution in [1.82, 2.24) is 4.98 Å². The number of halogens is 1. The number of hydrogen-bond donors (Lipinski definition) is 0. The second-order valence-corrected chi connectivity index (χ2v) is 5.25. The van der Waals surface area contributed by atoms with E-state index in [2.05, 4.69) is 9.72 Å². The zero-order valence-electron chi connectivity index (χ0n) is 11.8. The summed E-state index contributed by atoms with van der Waals surface area (Å²) in [5, 5.41) is 0.960. The summed E-state index contributed by atoms with van der Waals surface area (Å²) in [5.41, 5.74) is 1.55. The fraction of sp³-hybridized carbons (Fsp3) is 0.125. The van der Waals surface area contributed by atoms with E-state index in [9.17, 15) is 4.79 Å². The van der Waals surface area contributed by atoms with Crippen LogP contribution in [0.15, 0.2) is 64.2 Å². The van der Waals surface area contributed by atoms with Crippen LogP contribution in [0.25, 0.3) is 6.08 Å². The lowest BCUT2D eigenvalue weighted by Crippen LogP contribution is -2.00. The molecule has 1 heterocycles. The highest BCUT2D eigenvalue weighted by Crippen LogP contribution is 2.26. The second kappa shape index (κ2) is 8.49. The van der Waals surface area contributed by atoms with Crippen LogP contribution in [0.1, 0.15) is 12.5 Å². The Hall–Kier alpha value is -1.78. The first-order chi connectivity index (χ1) is 9.69. The number of hydrogen-bond acceptors (Lipinski definition) is 4. The van der Waals surface area contributed by atoms with Crippen molar-refractivity contribution in [3.63, 3.8) is 0 Å². The fourth-order valence-electron chi connectivity index (χ4n) is 1.63. The number of esters is 1. The van der Waals surface area contributed by atoms with Crippen LogP contribution in [0.2, 0.25) is 0 Å². The number of carbonyl (C=O) groups excluding carboxylic acids is 1. The number of benzene rings is 1. The van der Waals surface area contributed by atoms with E-state index in [1.165, 1.54) is 7.11 Å². The normalized spacial score (nSPS) is 10.7. The second-order valence-electron chi connectivity index (χ2n) is 4.16. The van der Waals surface area contributed by atoms with Crippen LogP contribution in [0.4, 0.5) is 0 Å². The van der Waals surface area contributed by atoms with Crippen molar-refractivity contribution in [2.24, 2.45) is 0 Å². The molecule has 0 aliphatic carbocycles. The first-order valence-electron chi connectivity index (χ1n) is 6.14. The molecular weight excluding hydrogens is 306 g/mol. The zero-order valence-corrected chi connectivity index (χ0v) is 13.4. The minimum atomic E-state index is -0.308. The number of methoxy groups -OCH3 is 1. The van der Waals surface area contributed by atoms with Crippen LogP contribution < -0.4 is 0 Å². The van der Waals surface area contributed by atoms with Crippen LogP contribution in [-0.4, -0.2) is 18.1 Å². The largest absolute Gasteiger partial charge is 0.466 e. The molecule has 0 bridgehead atoms. The van der Waals surface area contributed by atoms with Crippen LogP contribution in [-0.2, 0) is 9.53 Å². The molecule has 0 atom stereocenters. The quantitative estimate of drug-likeness (QED) is 0.624. The number of carbonyl (C=O) groups is 1. The van der Waals surface area contributed by atoms with Gasteiger partial charge in [0.05, 0.1) is 7.11 Å². The highest BCUT2D eigenvalue weighted by Gasteiger charge is 2.03. The lowest BCUT2D eigenvalue weighted by atomic mass is 10.1. The molecule has 0 saturated carbocycles. The van der Waals surface area contributed by atoms with Crippen LogP contribution in [0.5, 0.6) is 0 Å². The molecule has 0 aliphatic heterocycles. The Kier molecular flexibility index (Phi) is 6.99. The number of nitrogens with zero attached hydrogens (tertiary/aromatic N) is 1. The molecule has 110 valence electrons. The predicted molar refractivity (Wildman–Crippen MR) is 87.7 cm³/mol. The van der Waals surface area contributed by atoms with Gasteiger partial charge in [0, 0.05) is 16.7 Å². The van der Waals surface area contributed by atoms with E-state index in [1.54, 1.807) is 31.0 Å². The molecule has 2 aromatic rings. The minimum absolute atomic E-state index is 0. The van der Waals surface area contributed by atoms with E-state index in [0.717, 1.165) is 15.5 Å². The SMILES string of the molecule is COC(=O)/C(C)=C/c1ccc(Sc2ccccn2)cc1.Cl. The monoisotopic (exact) mass is 321 g/mol. The van der Waals surface area contributed by atoms with E-state index in [4.69, 9.17) is 0 Å². The van der Waals surface area contributed by atoms with E-state index in [-0.39, 0.29) is 18.4 Å². The van der Waals surface area contributed by atoms with E-state index < -0.39 is 0 Å². The van der Waals surface area contributed by atoms with Crippen molar-refractivity contribution in [2.45, 2.75) is 16.8 Å². The van der Waals surface area contributed by atoms with Gasteiger partial charge in [-0.1, -0.05) is 30.0 Å². The highest BCUT2D eigenvalue weighted by molar-refractivity contribution is 7.99. The molecule has 0 saturated heterocycles. The van der Waals surface area contributed by atoms with Gasteiger partial charge in [-0.3, -0.25) is 0 Å². The summed E-state index contributed by atoms with van der Waals surface area (Å²) in [6, 6.07) is 13.8. The van der Waals surface area contributed by atoms with Crippen LogP contribution >= 0.6 is 24.2 Å². The summed E-state index contributed by atoms with van der Waals surface area (Å²) in [4.78, 5) is 16.7. The number of rotatable bonds is 4. The van der Waals surface area contributed by atoms with Crippen molar-refractivity contribution >= 4 is 36.2 Å². The summed E-state index contributed by atoms with van der Waals surface area (Å²) < 4.78 is 4.67. The maximum atomic E-state index is 11.3. The Labute approximate surface area is 134 Å². The van der Waals surface area contributed by atoms with Crippen molar-refractivity contribution in [3.05, 3.63) is 59.8 Å². The summed E-state index contributed by atoms with van der Waals surface area (Å²) >= 11 is 1.60. The summed E-state index contributed by atoms with van der Waals surface area (Å²) in [6.45, 7) is 1.74. The van der Waals surface area contributed by atoms with Crippen molar-refractivity contribution in [3.8, 4) is 0 Å². The third-order valence-electron chi connectivity index (χ3n) is 2.63. The van der Waals surface area contributed by atoms with Crippen LogP contribution in [0.3, 0.4) is 0 Å². The molecule has 21 heavy (non-hydrogen) atoms. The molecular formula is C16H16ClNO2S. The maximum Gasteiger partial charge on any atom is 0.333 e. The topological polar surface area (TPSA) is 39.2 Å². The Balaban J connectivity index is 0.00000220.